The first-order valence-corrected chi connectivity index (χ1v) is 10.1. The number of hydrogen-bond donors (Lipinski definition) is 1. The molecule has 0 spiro atoms. The normalized spacial score (nSPS) is 15.0. The van der Waals surface area contributed by atoms with Crippen molar-refractivity contribution < 1.29 is 22.7 Å². The van der Waals surface area contributed by atoms with Crippen LogP contribution in [0.5, 0.6) is 5.75 Å². The number of carbonyl (C=O) groups excluding carboxylic acids is 1. The molecule has 0 fully saturated rings. The lowest BCUT2D eigenvalue weighted by Gasteiger charge is -2.09. The molecule has 0 atom stereocenters. The van der Waals surface area contributed by atoms with Gasteiger partial charge in [0.1, 0.15) is 17.0 Å². The van der Waals surface area contributed by atoms with Crippen molar-refractivity contribution in [1.82, 2.24) is 5.32 Å². The lowest BCUT2D eigenvalue weighted by Crippen LogP contribution is -2.07. The van der Waals surface area contributed by atoms with E-state index in [1.165, 1.54) is 30.2 Å². The number of alkyl halides is 3. The standard InChI is InChI=1S/C22H17ClF3NO2S/c1-3-13(2)21(28)17-9-8-16(10-18(17)23)29-11-20-27-19(12-30-20)14-4-6-15(7-5-14)22(24,25)26/h4-12,27H,2-3H2,1H3/b20-11+. The molecule has 0 saturated heterocycles. The number of benzene rings is 2. The Morgan fingerprint density at radius 1 is 1.23 bits per heavy atom. The van der Waals surface area contributed by atoms with E-state index in [1.807, 2.05) is 6.92 Å². The zero-order valence-corrected chi connectivity index (χ0v) is 17.4. The zero-order chi connectivity index (χ0) is 21.9. The Kier molecular flexibility index (Phi) is 6.63. The summed E-state index contributed by atoms with van der Waals surface area (Å²) in [5, 5.41) is 5.78. The molecule has 8 heteroatoms. The Labute approximate surface area is 181 Å². The molecule has 0 saturated carbocycles. The molecule has 1 aliphatic rings. The minimum absolute atomic E-state index is 0.203. The largest absolute Gasteiger partial charge is 0.462 e. The van der Waals surface area contributed by atoms with Gasteiger partial charge in [-0.1, -0.05) is 49.0 Å². The number of ketones is 1. The van der Waals surface area contributed by atoms with Gasteiger partial charge in [0.2, 0.25) is 0 Å². The molecular formula is C22H17ClF3NO2S. The molecule has 2 aromatic rings. The highest BCUT2D eigenvalue weighted by atomic mass is 35.5. The van der Waals surface area contributed by atoms with Gasteiger partial charge >= 0.3 is 6.18 Å². The molecule has 2 aromatic carbocycles. The minimum Gasteiger partial charge on any atom is -0.462 e. The quantitative estimate of drug-likeness (QED) is 0.291. The van der Waals surface area contributed by atoms with Crippen molar-refractivity contribution in [2.24, 2.45) is 0 Å². The van der Waals surface area contributed by atoms with E-state index in [1.54, 1.807) is 23.6 Å². The maximum absolute atomic E-state index is 12.7. The number of halogens is 4. The van der Waals surface area contributed by atoms with Crippen LogP contribution in [0.1, 0.15) is 34.8 Å². The molecule has 30 heavy (non-hydrogen) atoms. The van der Waals surface area contributed by atoms with Gasteiger partial charge in [-0.25, -0.2) is 0 Å². The van der Waals surface area contributed by atoms with E-state index >= 15 is 0 Å². The topological polar surface area (TPSA) is 38.3 Å². The van der Waals surface area contributed by atoms with Gasteiger partial charge in [-0.3, -0.25) is 4.79 Å². The summed E-state index contributed by atoms with van der Waals surface area (Å²) in [5.41, 5.74) is 1.43. The summed E-state index contributed by atoms with van der Waals surface area (Å²) in [6.45, 7) is 5.57. The number of nitrogens with one attached hydrogen (secondary N) is 1. The molecule has 1 aliphatic heterocycles. The SMILES string of the molecule is C=C(CC)C(=O)c1ccc(O/C=C2\NC(c3ccc(C(F)(F)F)cc3)=CS2)cc1Cl. The van der Waals surface area contributed by atoms with Crippen molar-refractivity contribution >= 4 is 34.8 Å². The van der Waals surface area contributed by atoms with Crippen LogP contribution in [0.25, 0.3) is 5.70 Å². The van der Waals surface area contributed by atoms with Gasteiger partial charge < -0.3 is 10.1 Å². The maximum atomic E-state index is 12.7. The van der Waals surface area contributed by atoms with Crippen molar-refractivity contribution in [3.8, 4) is 5.75 Å². The first kappa shape index (κ1) is 22.1. The van der Waals surface area contributed by atoms with Crippen LogP contribution in [0.2, 0.25) is 5.02 Å². The first-order valence-electron chi connectivity index (χ1n) is 8.89. The molecule has 0 aromatic heterocycles. The van der Waals surface area contributed by atoms with Crippen molar-refractivity contribution in [2.45, 2.75) is 19.5 Å². The fourth-order valence-corrected chi connectivity index (χ4v) is 3.54. The Morgan fingerprint density at radius 3 is 2.53 bits per heavy atom. The van der Waals surface area contributed by atoms with Crippen molar-refractivity contribution in [1.29, 1.82) is 0 Å². The fraction of sp³-hybridized carbons (Fsp3) is 0.136. The maximum Gasteiger partial charge on any atom is 0.416 e. The van der Waals surface area contributed by atoms with Crippen LogP contribution in [0.4, 0.5) is 13.2 Å². The van der Waals surface area contributed by atoms with Crippen LogP contribution in [0.3, 0.4) is 0 Å². The van der Waals surface area contributed by atoms with Gasteiger partial charge in [-0.2, -0.15) is 13.2 Å². The molecule has 3 rings (SSSR count). The van der Waals surface area contributed by atoms with Crippen LogP contribution in [-0.4, -0.2) is 5.78 Å². The van der Waals surface area contributed by atoms with Crippen molar-refractivity contribution in [3.05, 3.63) is 93.0 Å². The summed E-state index contributed by atoms with van der Waals surface area (Å²) in [7, 11) is 0. The second-order valence-electron chi connectivity index (χ2n) is 6.38. The van der Waals surface area contributed by atoms with E-state index in [0.717, 1.165) is 12.1 Å². The smallest absolute Gasteiger partial charge is 0.416 e. The molecule has 0 aliphatic carbocycles. The average Bonchev–Trinajstić information content (AvgIpc) is 3.20. The lowest BCUT2D eigenvalue weighted by atomic mass is 10.0. The van der Waals surface area contributed by atoms with Gasteiger partial charge in [0.05, 0.1) is 16.3 Å². The Morgan fingerprint density at radius 2 is 1.93 bits per heavy atom. The lowest BCUT2D eigenvalue weighted by molar-refractivity contribution is -0.137. The number of allylic oxidation sites excluding steroid dienone is 1. The van der Waals surface area contributed by atoms with Gasteiger partial charge in [-0.05, 0) is 41.8 Å². The highest BCUT2D eigenvalue weighted by molar-refractivity contribution is 8.06. The highest BCUT2D eigenvalue weighted by Crippen LogP contribution is 2.33. The zero-order valence-electron chi connectivity index (χ0n) is 15.8. The first-order chi connectivity index (χ1) is 14.2. The predicted octanol–water partition coefficient (Wildman–Crippen LogP) is 7.02. The monoisotopic (exact) mass is 451 g/mol. The molecular weight excluding hydrogens is 435 g/mol. The van der Waals surface area contributed by atoms with E-state index in [-0.39, 0.29) is 10.8 Å². The van der Waals surface area contributed by atoms with Gasteiger partial charge in [0, 0.05) is 17.0 Å². The molecule has 1 N–H and O–H groups in total. The number of hydrogen-bond acceptors (Lipinski definition) is 4. The summed E-state index contributed by atoms with van der Waals surface area (Å²) in [4.78, 5) is 12.2. The number of thioether (sulfide) groups is 1. The average molecular weight is 452 g/mol. The summed E-state index contributed by atoms with van der Waals surface area (Å²) < 4.78 is 43.6. The number of carbonyl (C=O) groups is 1. The van der Waals surface area contributed by atoms with Crippen molar-refractivity contribution in [2.75, 3.05) is 0 Å². The fourth-order valence-electron chi connectivity index (χ4n) is 2.58. The van der Waals surface area contributed by atoms with E-state index in [2.05, 4.69) is 11.9 Å². The van der Waals surface area contributed by atoms with Crippen LogP contribution in [0.15, 0.2) is 71.3 Å². The number of ether oxygens (including phenoxy) is 1. The van der Waals surface area contributed by atoms with Crippen LogP contribution < -0.4 is 10.1 Å². The third kappa shape index (κ3) is 5.09. The van der Waals surface area contributed by atoms with E-state index in [0.29, 0.717) is 39.6 Å². The molecule has 156 valence electrons. The van der Waals surface area contributed by atoms with Crippen molar-refractivity contribution in [3.63, 3.8) is 0 Å². The molecule has 0 bridgehead atoms. The third-order valence-electron chi connectivity index (χ3n) is 4.32. The Bertz CT molecular complexity index is 1040. The van der Waals surface area contributed by atoms with Gasteiger partial charge in [0.15, 0.2) is 5.78 Å². The van der Waals surface area contributed by atoms with Gasteiger partial charge in [0.25, 0.3) is 0 Å². The van der Waals surface area contributed by atoms with Gasteiger partial charge in [-0.15, -0.1) is 0 Å². The van der Waals surface area contributed by atoms with Crippen LogP contribution >= 0.6 is 23.4 Å². The molecule has 0 unspecified atom stereocenters. The number of Topliss-reactive ketones (excluding diaryl/α,β-unsaturated/α-hetero) is 1. The minimum atomic E-state index is -4.37. The Balaban J connectivity index is 1.64. The van der Waals surface area contributed by atoms with Crippen LogP contribution in [-0.2, 0) is 6.18 Å². The second kappa shape index (κ2) is 9.02. The van der Waals surface area contributed by atoms with E-state index < -0.39 is 11.7 Å². The molecule has 0 radical (unpaired) electrons. The van der Waals surface area contributed by atoms with E-state index in [9.17, 15) is 18.0 Å². The highest BCUT2D eigenvalue weighted by Gasteiger charge is 2.30. The predicted molar refractivity (Wildman–Crippen MR) is 114 cm³/mol. The molecule has 0 amide bonds. The van der Waals surface area contributed by atoms with Crippen LogP contribution in [0, 0.1) is 0 Å². The summed E-state index contributed by atoms with van der Waals surface area (Å²) >= 11 is 7.53. The molecule has 1 heterocycles. The number of rotatable bonds is 6. The molecule has 3 nitrogen and oxygen atoms in total. The Hall–Kier alpha value is -2.64. The summed E-state index contributed by atoms with van der Waals surface area (Å²) in [6.07, 6.45) is -2.36. The second-order valence-corrected chi connectivity index (χ2v) is 7.70. The summed E-state index contributed by atoms with van der Waals surface area (Å²) in [5.74, 6) is 0.238. The third-order valence-corrected chi connectivity index (χ3v) is 5.44. The summed E-state index contributed by atoms with van der Waals surface area (Å²) in [6, 6.07) is 9.65. The van der Waals surface area contributed by atoms with E-state index in [4.69, 9.17) is 16.3 Å².